The number of halogens is 3. The Labute approximate surface area is 147 Å². The van der Waals surface area contributed by atoms with E-state index in [2.05, 4.69) is 10.6 Å². The molecule has 2 heterocycles. The number of nitrogens with one attached hydrogen (secondary N) is 2. The molecule has 3 amide bonds. The number of carbonyl (C=O) groups excluding carboxylic acids is 3. The van der Waals surface area contributed by atoms with Crippen molar-refractivity contribution in [2.24, 2.45) is 5.92 Å². The van der Waals surface area contributed by atoms with E-state index in [-0.39, 0.29) is 32.5 Å². The number of amides is 3. The standard InChI is InChI=1S/C16H20F3N3O4/c1-10(13(23)20-9-12-3-2-8-26-12)21-14(24)11-4-6-22(7-5-11)15(25)16(17,18)19/h2-3,8,10-11H,4-7,9H2,1H3,(H,20,23)(H,21,24)/t10-/m1/s1. The van der Waals surface area contributed by atoms with E-state index in [0.29, 0.717) is 10.7 Å². The Morgan fingerprint density at radius 3 is 2.50 bits per heavy atom. The molecule has 7 nitrogen and oxygen atoms in total. The first-order valence-electron chi connectivity index (χ1n) is 8.15. The summed E-state index contributed by atoms with van der Waals surface area (Å²) in [4.78, 5) is 36.0. The first kappa shape index (κ1) is 19.8. The van der Waals surface area contributed by atoms with Crippen molar-refractivity contribution in [2.45, 2.75) is 38.5 Å². The third kappa shape index (κ3) is 5.24. The number of likely N-dealkylation sites (tertiary alicyclic amines) is 1. The summed E-state index contributed by atoms with van der Waals surface area (Å²) in [6.45, 7) is 1.41. The van der Waals surface area contributed by atoms with Crippen LogP contribution < -0.4 is 10.6 Å². The fraction of sp³-hybridized carbons (Fsp3) is 0.562. The molecule has 1 aliphatic rings. The van der Waals surface area contributed by atoms with Crippen LogP contribution >= 0.6 is 0 Å². The number of carbonyl (C=O) groups is 3. The molecule has 2 N–H and O–H groups in total. The molecule has 0 radical (unpaired) electrons. The maximum Gasteiger partial charge on any atom is 0.471 e. The van der Waals surface area contributed by atoms with Gasteiger partial charge in [-0.1, -0.05) is 0 Å². The highest BCUT2D eigenvalue weighted by molar-refractivity contribution is 5.88. The largest absolute Gasteiger partial charge is 0.471 e. The Morgan fingerprint density at radius 1 is 1.31 bits per heavy atom. The van der Waals surface area contributed by atoms with Crippen molar-refractivity contribution in [3.05, 3.63) is 24.2 Å². The third-order valence-electron chi connectivity index (χ3n) is 4.16. The number of alkyl halides is 3. The first-order chi connectivity index (χ1) is 12.2. The molecule has 0 bridgehead atoms. The van der Waals surface area contributed by atoms with E-state index < -0.39 is 35.9 Å². The molecule has 0 unspecified atom stereocenters. The van der Waals surface area contributed by atoms with Crippen LogP contribution in [-0.4, -0.2) is 47.9 Å². The van der Waals surface area contributed by atoms with Gasteiger partial charge in [0.15, 0.2) is 0 Å². The van der Waals surface area contributed by atoms with Crippen molar-refractivity contribution in [3.8, 4) is 0 Å². The topological polar surface area (TPSA) is 91.7 Å². The van der Waals surface area contributed by atoms with Crippen molar-refractivity contribution in [1.82, 2.24) is 15.5 Å². The molecule has 0 saturated carbocycles. The fourth-order valence-corrected chi connectivity index (χ4v) is 2.66. The summed E-state index contributed by atoms with van der Waals surface area (Å²) < 4.78 is 42.3. The minimum Gasteiger partial charge on any atom is -0.467 e. The lowest BCUT2D eigenvalue weighted by molar-refractivity contribution is -0.186. The van der Waals surface area contributed by atoms with Crippen LogP contribution in [0.15, 0.2) is 22.8 Å². The Kier molecular flexibility index (Phi) is 6.27. The van der Waals surface area contributed by atoms with Crippen molar-refractivity contribution < 1.29 is 32.0 Å². The van der Waals surface area contributed by atoms with Gasteiger partial charge >= 0.3 is 12.1 Å². The van der Waals surface area contributed by atoms with Gasteiger partial charge in [0.1, 0.15) is 11.8 Å². The quantitative estimate of drug-likeness (QED) is 0.809. The van der Waals surface area contributed by atoms with E-state index in [1.54, 1.807) is 12.1 Å². The average Bonchev–Trinajstić information content (AvgIpc) is 3.11. The molecule has 0 aromatic carbocycles. The molecule has 1 atom stereocenters. The van der Waals surface area contributed by atoms with Crippen LogP contribution in [-0.2, 0) is 20.9 Å². The molecular formula is C16H20F3N3O4. The van der Waals surface area contributed by atoms with Gasteiger partial charge in [0.25, 0.3) is 0 Å². The summed E-state index contributed by atoms with van der Waals surface area (Å²) in [6.07, 6.45) is -3.19. The molecule has 1 fully saturated rings. The number of hydrogen-bond donors (Lipinski definition) is 2. The van der Waals surface area contributed by atoms with Gasteiger partial charge in [-0.3, -0.25) is 14.4 Å². The summed E-state index contributed by atoms with van der Waals surface area (Å²) in [5, 5.41) is 5.15. The zero-order chi connectivity index (χ0) is 19.3. The predicted octanol–water partition coefficient (Wildman–Crippen LogP) is 1.20. The molecule has 26 heavy (non-hydrogen) atoms. The van der Waals surface area contributed by atoms with E-state index in [1.165, 1.54) is 13.2 Å². The van der Waals surface area contributed by atoms with E-state index >= 15 is 0 Å². The molecule has 0 aliphatic carbocycles. The molecule has 144 valence electrons. The minimum atomic E-state index is -4.91. The van der Waals surface area contributed by atoms with Crippen molar-refractivity contribution in [3.63, 3.8) is 0 Å². The minimum absolute atomic E-state index is 0.119. The normalized spacial score (nSPS) is 16.8. The second-order valence-corrected chi connectivity index (χ2v) is 6.09. The van der Waals surface area contributed by atoms with Crippen LogP contribution in [0.25, 0.3) is 0 Å². The summed E-state index contributed by atoms with van der Waals surface area (Å²) in [6, 6.07) is 2.58. The number of nitrogens with zero attached hydrogens (tertiary/aromatic N) is 1. The fourth-order valence-electron chi connectivity index (χ4n) is 2.66. The maximum atomic E-state index is 12.4. The lowest BCUT2D eigenvalue weighted by atomic mass is 9.95. The van der Waals surface area contributed by atoms with E-state index in [0.717, 1.165) is 0 Å². The first-order valence-corrected chi connectivity index (χ1v) is 8.15. The smallest absolute Gasteiger partial charge is 0.467 e. The van der Waals surface area contributed by atoms with Crippen LogP contribution in [0.4, 0.5) is 13.2 Å². The highest BCUT2D eigenvalue weighted by atomic mass is 19.4. The average molecular weight is 375 g/mol. The number of hydrogen-bond acceptors (Lipinski definition) is 4. The number of rotatable bonds is 5. The SMILES string of the molecule is C[C@@H](NC(=O)C1CCN(C(=O)C(F)(F)F)CC1)C(=O)NCc1ccco1. The summed E-state index contributed by atoms with van der Waals surface area (Å²) in [5.41, 5.74) is 0. The summed E-state index contributed by atoms with van der Waals surface area (Å²) in [7, 11) is 0. The van der Waals surface area contributed by atoms with E-state index in [9.17, 15) is 27.6 Å². The van der Waals surface area contributed by atoms with Crippen LogP contribution in [0.5, 0.6) is 0 Å². The highest BCUT2D eigenvalue weighted by Crippen LogP contribution is 2.24. The van der Waals surface area contributed by atoms with Gasteiger partial charge in [-0.2, -0.15) is 13.2 Å². The highest BCUT2D eigenvalue weighted by Gasteiger charge is 2.43. The Balaban J connectivity index is 1.75. The van der Waals surface area contributed by atoms with Gasteiger partial charge in [0.05, 0.1) is 12.8 Å². The second-order valence-electron chi connectivity index (χ2n) is 6.09. The van der Waals surface area contributed by atoms with Crippen LogP contribution in [0, 0.1) is 5.92 Å². The Bertz CT molecular complexity index is 638. The summed E-state index contributed by atoms with van der Waals surface area (Å²) in [5.74, 6) is -2.67. The molecule has 10 heteroatoms. The number of furan rings is 1. The lowest BCUT2D eigenvalue weighted by Crippen LogP contribution is -2.50. The van der Waals surface area contributed by atoms with E-state index in [4.69, 9.17) is 4.42 Å². The van der Waals surface area contributed by atoms with E-state index in [1.807, 2.05) is 0 Å². The molecular weight excluding hydrogens is 355 g/mol. The molecule has 1 aromatic rings. The van der Waals surface area contributed by atoms with Gasteiger partial charge in [-0.15, -0.1) is 0 Å². The molecule has 1 saturated heterocycles. The van der Waals surface area contributed by atoms with Gasteiger partial charge in [0, 0.05) is 19.0 Å². The predicted molar refractivity (Wildman–Crippen MR) is 83.5 cm³/mol. The maximum absolute atomic E-state index is 12.4. The Hall–Kier alpha value is -2.52. The second kappa shape index (κ2) is 8.24. The Morgan fingerprint density at radius 2 is 1.96 bits per heavy atom. The van der Waals surface area contributed by atoms with Gasteiger partial charge in [-0.05, 0) is 31.9 Å². The monoisotopic (exact) mass is 375 g/mol. The number of piperidine rings is 1. The molecule has 1 aromatic heterocycles. The van der Waals surface area contributed by atoms with Crippen LogP contribution in [0.1, 0.15) is 25.5 Å². The van der Waals surface area contributed by atoms with Crippen LogP contribution in [0.2, 0.25) is 0 Å². The van der Waals surface area contributed by atoms with Crippen molar-refractivity contribution >= 4 is 17.7 Å². The van der Waals surface area contributed by atoms with Crippen LogP contribution in [0.3, 0.4) is 0 Å². The third-order valence-corrected chi connectivity index (χ3v) is 4.16. The zero-order valence-corrected chi connectivity index (χ0v) is 14.1. The zero-order valence-electron chi connectivity index (χ0n) is 14.1. The van der Waals surface area contributed by atoms with Crippen molar-refractivity contribution in [1.29, 1.82) is 0 Å². The molecule has 2 rings (SSSR count). The van der Waals surface area contributed by atoms with Gasteiger partial charge in [-0.25, -0.2) is 0 Å². The lowest BCUT2D eigenvalue weighted by Gasteiger charge is -2.32. The van der Waals surface area contributed by atoms with Crippen molar-refractivity contribution in [2.75, 3.05) is 13.1 Å². The van der Waals surface area contributed by atoms with Gasteiger partial charge < -0.3 is 20.0 Å². The summed E-state index contributed by atoms with van der Waals surface area (Å²) >= 11 is 0. The molecule has 1 aliphatic heterocycles. The molecule has 0 spiro atoms. The van der Waals surface area contributed by atoms with Gasteiger partial charge in [0.2, 0.25) is 11.8 Å².